The zero-order valence-corrected chi connectivity index (χ0v) is 18.8. The van der Waals surface area contributed by atoms with E-state index in [1.54, 1.807) is 0 Å². The predicted octanol–water partition coefficient (Wildman–Crippen LogP) is 3.34. The Kier molecular flexibility index (Phi) is 11.7. The first kappa shape index (κ1) is 22.7. The van der Waals surface area contributed by atoms with Crippen molar-refractivity contribution in [3.63, 3.8) is 0 Å². The van der Waals surface area contributed by atoms with Crippen molar-refractivity contribution in [1.29, 1.82) is 0 Å². The number of aliphatic imine (C=N–C) groups is 1. The molecule has 0 bridgehead atoms. The summed E-state index contributed by atoms with van der Waals surface area (Å²) in [5, 5.41) is 9.15. The third kappa shape index (κ3) is 7.40. The van der Waals surface area contributed by atoms with Crippen LogP contribution in [0.25, 0.3) is 0 Å². The highest BCUT2D eigenvalue weighted by atomic mass is 127. The Morgan fingerprint density at radius 2 is 1.92 bits per heavy atom. The normalized spacial score (nSPS) is 17.2. The molecule has 1 aromatic rings. The van der Waals surface area contributed by atoms with Gasteiger partial charge in [0.05, 0.1) is 19.3 Å². The lowest BCUT2D eigenvalue weighted by molar-refractivity contribution is 0.0177. The van der Waals surface area contributed by atoms with E-state index in [1.165, 1.54) is 17.7 Å². The highest BCUT2D eigenvalue weighted by Gasteiger charge is 2.23. The molecule has 7 heteroatoms. The van der Waals surface area contributed by atoms with Crippen LogP contribution in [0.4, 0.5) is 0 Å². The Balaban J connectivity index is 0.00000312. The van der Waals surface area contributed by atoms with Gasteiger partial charge in [0.1, 0.15) is 0 Å². The van der Waals surface area contributed by atoms with Crippen LogP contribution in [-0.2, 0) is 4.74 Å². The van der Waals surface area contributed by atoms with E-state index in [0.29, 0.717) is 12.0 Å². The van der Waals surface area contributed by atoms with Gasteiger partial charge in [-0.1, -0.05) is 32.8 Å². The van der Waals surface area contributed by atoms with Crippen LogP contribution >= 0.6 is 35.3 Å². The molecule has 144 valence electrons. The molecule has 1 saturated heterocycles. The van der Waals surface area contributed by atoms with Crippen molar-refractivity contribution in [2.45, 2.75) is 32.7 Å². The molecule has 0 aliphatic carbocycles. The summed E-state index contributed by atoms with van der Waals surface area (Å²) in [7, 11) is 1.84. The molecule has 0 saturated carbocycles. The molecule has 1 aliphatic heterocycles. The highest BCUT2D eigenvalue weighted by molar-refractivity contribution is 14.0. The third-order valence-corrected chi connectivity index (χ3v) is 5.73. The maximum absolute atomic E-state index is 5.51. The molecule has 1 atom stereocenters. The highest BCUT2D eigenvalue weighted by Crippen LogP contribution is 2.25. The molecule has 1 aliphatic rings. The Morgan fingerprint density at radius 1 is 1.24 bits per heavy atom. The van der Waals surface area contributed by atoms with Crippen LogP contribution in [0.3, 0.4) is 0 Å². The number of ether oxygens (including phenoxy) is 1. The maximum Gasteiger partial charge on any atom is 0.191 e. The van der Waals surface area contributed by atoms with Gasteiger partial charge in [0.2, 0.25) is 0 Å². The van der Waals surface area contributed by atoms with Gasteiger partial charge >= 0.3 is 0 Å². The van der Waals surface area contributed by atoms with Gasteiger partial charge in [0.15, 0.2) is 5.96 Å². The van der Waals surface area contributed by atoms with Crippen LogP contribution in [0, 0.1) is 5.92 Å². The van der Waals surface area contributed by atoms with Gasteiger partial charge in [0.25, 0.3) is 0 Å². The molecular weight excluding hydrogens is 447 g/mol. The predicted molar refractivity (Wildman–Crippen MR) is 118 cm³/mol. The van der Waals surface area contributed by atoms with Crippen LogP contribution in [0.15, 0.2) is 22.5 Å². The van der Waals surface area contributed by atoms with Gasteiger partial charge < -0.3 is 15.4 Å². The Morgan fingerprint density at radius 3 is 2.48 bits per heavy atom. The quantitative estimate of drug-likeness (QED) is 0.341. The summed E-state index contributed by atoms with van der Waals surface area (Å²) in [6.07, 6.45) is 2.40. The number of rotatable bonds is 8. The van der Waals surface area contributed by atoms with Crippen molar-refractivity contribution in [2.75, 3.05) is 46.4 Å². The van der Waals surface area contributed by atoms with Gasteiger partial charge in [-0.05, 0) is 17.4 Å². The second kappa shape index (κ2) is 12.9. The molecule has 25 heavy (non-hydrogen) atoms. The first-order chi connectivity index (χ1) is 11.8. The lowest BCUT2D eigenvalue weighted by Gasteiger charge is -2.34. The molecule has 2 heterocycles. The van der Waals surface area contributed by atoms with E-state index in [2.05, 4.69) is 51.9 Å². The van der Waals surface area contributed by atoms with Gasteiger partial charge in [0, 0.05) is 38.1 Å². The number of thiophene rings is 1. The Hall–Kier alpha value is -0.380. The van der Waals surface area contributed by atoms with Gasteiger partial charge in [-0.25, -0.2) is 0 Å². The minimum Gasteiger partial charge on any atom is -0.379 e. The summed E-state index contributed by atoms with van der Waals surface area (Å²) in [5.41, 5.74) is 0. The first-order valence-electron chi connectivity index (χ1n) is 9.08. The summed E-state index contributed by atoms with van der Waals surface area (Å²) in [5.74, 6) is 1.60. The van der Waals surface area contributed by atoms with Crippen LogP contribution in [-0.4, -0.2) is 57.3 Å². The fourth-order valence-corrected chi connectivity index (χ4v) is 3.87. The number of guanidine groups is 1. The average molecular weight is 480 g/mol. The first-order valence-corrected chi connectivity index (χ1v) is 9.96. The van der Waals surface area contributed by atoms with E-state index < -0.39 is 0 Å². The lowest BCUT2D eigenvalue weighted by atomic mass is 10.0. The third-order valence-electron chi connectivity index (χ3n) is 4.76. The van der Waals surface area contributed by atoms with Gasteiger partial charge in [-0.3, -0.25) is 9.89 Å². The van der Waals surface area contributed by atoms with Crippen molar-refractivity contribution >= 4 is 41.3 Å². The Bertz CT molecular complexity index is 473. The molecule has 0 amide bonds. The van der Waals surface area contributed by atoms with E-state index >= 15 is 0 Å². The number of nitrogens with zero attached hydrogens (tertiary/aromatic N) is 2. The van der Waals surface area contributed by atoms with Crippen LogP contribution in [0.2, 0.25) is 0 Å². The maximum atomic E-state index is 5.51. The molecule has 0 spiro atoms. The topological polar surface area (TPSA) is 48.9 Å². The van der Waals surface area contributed by atoms with Crippen molar-refractivity contribution in [1.82, 2.24) is 15.5 Å². The van der Waals surface area contributed by atoms with Crippen LogP contribution < -0.4 is 10.6 Å². The van der Waals surface area contributed by atoms with Gasteiger partial charge in [-0.2, -0.15) is 0 Å². The second-order valence-corrected chi connectivity index (χ2v) is 7.18. The smallest absolute Gasteiger partial charge is 0.191 e. The summed E-state index contributed by atoms with van der Waals surface area (Å²) in [6, 6.07) is 4.74. The van der Waals surface area contributed by atoms with E-state index in [9.17, 15) is 0 Å². The van der Waals surface area contributed by atoms with Crippen molar-refractivity contribution in [3.05, 3.63) is 22.4 Å². The fourth-order valence-electron chi connectivity index (χ4n) is 3.01. The van der Waals surface area contributed by atoms with E-state index in [0.717, 1.165) is 45.4 Å². The SMILES string of the molecule is CCC(CC)CNC(=NC)NCC(c1cccs1)N1CCOCC1.I. The molecule has 0 aromatic carbocycles. The molecule has 5 nitrogen and oxygen atoms in total. The molecule has 0 radical (unpaired) electrons. The summed E-state index contributed by atoms with van der Waals surface area (Å²) < 4.78 is 5.51. The molecule has 1 fully saturated rings. The second-order valence-electron chi connectivity index (χ2n) is 6.20. The standard InChI is InChI=1S/C18H32N4OS.HI/c1-4-15(5-2)13-20-18(19-3)21-14-16(17-7-6-12-24-17)22-8-10-23-11-9-22;/h6-7,12,15-16H,4-5,8-11,13-14H2,1-3H3,(H2,19,20,21);1H. The van der Waals surface area contributed by atoms with Crippen molar-refractivity contribution in [3.8, 4) is 0 Å². The molecule has 2 rings (SSSR count). The summed E-state index contributed by atoms with van der Waals surface area (Å²) >= 11 is 1.83. The number of nitrogens with one attached hydrogen (secondary N) is 2. The lowest BCUT2D eigenvalue weighted by Crippen LogP contribution is -2.46. The van der Waals surface area contributed by atoms with E-state index in [4.69, 9.17) is 4.74 Å². The Labute approximate surface area is 173 Å². The number of halogens is 1. The van der Waals surface area contributed by atoms with E-state index in [1.807, 2.05) is 18.4 Å². The van der Waals surface area contributed by atoms with Gasteiger partial charge in [-0.15, -0.1) is 35.3 Å². The fraction of sp³-hybridized carbons (Fsp3) is 0.722. The summed E-state index contributed by atoms with van der Waals surface area (Å²) in [6.45, 7) is 9.96. The molecule has 2 N–H and O–H groups in total. The van der Waals surface area contributed by atoms with Crippen LogP contribution in [0.1, 0.15) is 37.6 Å². The zero-order chi connectivity index (χ0) is 17.2. The number of hydrogen-bond acceptors (Lipinski definition) is 4. The summed E-state index contributed by atoms with van der Waals surface area (Å²) in [4.78, 5) is 8.29. The number of hydrogen-bond donors (Lipinski definition) is 2. The van der Waals surface area contributed by atoms with E-state index in [-0.39, 0.29) is 24.0 Å². The minimum atomic E-state index is 0. The minimum absolute atomic E-state index is 0. The largest absolute Gasteiger partial charge is 0.379 e. The zero-order valence-electron chi connectivity index (χ0n) is 15.7. The van der Waals surface area contributed by atoms with Crippen molar-refractivity contribution < 1.29 is 4.74 Å². The average Bonchev–Trinajstić information content (AvgIpc) is 3.16. The molecule has 1 aromatic heterocycles. The monoisotopic (exact) mass is 480 g/mol. The molecule has 1 unspecified atom stereocenters. The van der Waals surface area contributed by atoms with Crippen molar-refractivity contribution in [2.24, 2.45) is 10.9 Å². The molecular formula is C18H33IN4OS. The number of morpholine rings is 1. The van der Waals surface area contributed by atoms with Crippen LogP contribution in [0.5, 0.6) is 0 Å².